The van der Waals surface area contributed by atoms with Gasteiger partial charge in [-0.15, -0.1) is 0 Å². The second-order valence-electron chi connectivity index (χ2n) is 8.77. The van der Waals surface area contributed by atoms with Gasteiger partial charge in [-0.1, -0.05) is 78.9 Å². The van der Waals surface area contributed by atoms with Crippen molar-refractivity contribution < 1.29 is 14.4 Å². The number of carbonyl (C=O) groups excluding carboxylic acids is 3. The number of fused-ring (bicyclic) bond motifs is 3. The zero-order valence-electron chi connectivity index (χ0n) is 18.9. The van der Waals surface area contributed by atoms with Crippen molar-refractivity contribution in [3.63, 3.8) is 0 Å². The Kier molecular flexibility index (Phi) is 5.03. The summed E-state index contributed by atoms with van der Waals surface area (Å²) < 4.78 is 0. The molecule has 0 radical (unpaired) electrons. The fourth-order valence-corrected chi connectivity index (χ4v) is 5.12. The summed E-state index contributed by atoms with van der Waals surface area (Å²) in [5.41, 5.74) is 4.88. The molecule has 4 aromatic carbocycles. The number of imide groups is 1. The molecule has 6 rings (SSSR count). The molecule has 35 heavy (non-hydrogen) atoms. The lowest BCUT2D eigenvalue weighted by molar-refractivity contribution is -0.121. The van der Waals surface area contributed by atoms with Gasteiger partial charge in [0.05, 0.1) is 22.5 Å². The highest BCUT2D eigenvalue weighted by molar-refractivity contribution is 6.24. The summed E-state index contributed by atoms with van der Waals surface area (Å²) in [5, 5.41) is 0. The fraction of sp³-hybridized carbons (Fsp3) is 0.100. The molecule has 170 valence electrons. The van der Waals surface area contributed by atoms with E-state index >= 15 is 0 Å². The molecule has 5 nitrogen and oxygen atoms in total. The van der Waals surface area contributed by atoms with E-state index in [4.69, 9.17) is 0 Å². The number of nitrogens with zero attached hydrogens (tertiary/aromatic N) is 2. The van der Waals surface area contributed by atoms with E-state index in [-0.39, 0.29) is 5.91 Å². The zero-order chi connectivity index (χ0) is 23.9. The molecule has 0 spiro atoms. The van der Waals surface area contributed by atoms with Crippen LogP contribution in [0.15, 0.2) is 103 Å². The van der Waals surface area contributed by atoms with Gasteiger partial charge in [0.25, 0.3) is 17.7 Å². The van der Waals surface area contributed by atoms with Crippen LogP contribution in [0, 0.1) is 0 Å². The quantitative estimate of drug-likeness (QED) is 0.382. The first-order valence-electron chi connectivity index (χ1n) is 11.7. The molecule has 0 aromatic heterocycles. The molecule has 2 heterocycles. The van der Waals surface area contributed by atoms with E-state index in [1.165, 1.54) is 0 Å². The second kappa shape index (κ2) is 8.37. The summed E-state index contributed by atoms with van der Waals surface area (Å²) in [6.45, 7) is 0. The van der Waals surface area contributed by atoms with Gasteiger partial charge in [-0.2, -0.15) is 0 Å². The summed E-state index contributed by atoms with van der Waals surface area (Å²) in [4.78, 5) is 44.4. The molecular formula is C30H22N2O3. The Hall–Kier alpha value is -4.51. The average Bonchev–Trinajstić information content (AvgIpc) is 3.05. The van der Waals surface area contributed by atoms with Gasteiger partial charge in [0.1, 0.15) is 6.04 Å². The molecule has 0 saturated heterocycles. The SMILES string of the molecule is O=C([C@@H](c1ccccc1)N1C(=O)c2ccccc2C1=O)N1c2ccccc2CCc2ccccc21. The van der Waals surface area contributed by atoms with E-state index in [0.717, 1.165) is 40.2 Å². The van der Waals surface area contributed by atoms with Crippen LogP contribution in [0.1, 0.15) is 43.4 Å². The maximum atomic E-state index is 14.6. The summed E-state index contributed by atoms with van der Waals surface area (Å²) in [7, 11) is 0. The Labute approximate surface area is 203 Å². The predicted molar refractivity (Wildman–Crippen MR) is 134 cm³/mol. The van der Waals surface area contributed by atoms with Crippen LogP contribution in [0.5, 0.6) is 0 Å². The summed E-state index contributed by atoms with van der Waals surface area (Å²) in [5.74, 6) is -1.25. The van der Waals surface area contributed by atoms with Gasteiger partial charge in [-0.25, -0.2) is 0 Å². The Balaban J connectivity index is 1.55. The van der Waals surface area contributed by atoms with Crippen LogP contribution in [0.25, 0.3) is 0 Å². The fourth-order valence-electron chi connectivity index (χ4n) is 5.12. The number of anilines is 2. The first-order chi connectivity index (χ1) is 17.1. The monoisotopic (exact) mass is 458 g/mol. The van der Waals surface area contributed by atoms with Crippen molar-refractivity contribution in [2.75, 3.05) is 4.90 Å². The van der Waals surface area contributed by atoms with Crippen molar-refractivity contribution in [3.05, 3.63) is 131 Å². The van der Waals surface area contributed by atoms with Crippen molar-refractivity contribution >= 4 is 29.1 Å². The number of hydrogen-bond donors (Lipinski definition) is 0. The average molecular weight is 459 g/mol. The third kappa shape index (κ3) is 3.36. The molecule has 0 bridgehead atoms. The molecule has 5 heteroatoms. The molecular weight excluding hydrogens is 436 g/mol. The highest BCUT2D eigenvalue weighted by Gasteiger charge is 2.45. The van der Waals surface area contributed by atoms with E-state index < -0.39 is 17.9 Å². The highest BCUT2D eigenvalue weighted by atomic mass is 16.2. The van der Waals surface area contributed by atoms with Crippen molar-refractivity contribution in [1.29, 1.82) is 0 Å². The molecule has 4 aromatic rings. The second-order valence-corrected chi connectivity index (χ2v) is 8.77. The summed E-state index contributed by atoms with van der Waals surface area (Å²) >= 11 is 0. The third-order valence-electron chi connectivity index (χ3n) is 6.78. The van der Waals surface area contributed by atoms with Crippen LogP contribution < -0.4 is 4.90 Å². The number of para-hydroxylation sites is 2. The van der Waals surface area contributed by atoms with Gasteiger partial charge in [0.15, 0.2) is 0 Å². The van der Waals surface area contributed by atoms with Crippen LogP contribution in [0.4, 0.5) is 11.4 Å². The molecule has 0 aliphatic carbocycles. The van der Waals surface area contributed by atoms with Crippen molar-refractivity contribution in [1.82, 2.24) is 4.90 Å². The zero-order valence-corrected chi connectivity index (χ0v) is 18.9. The van der Waals surface area contributed by atoms with Gasteiger partial charge in [-0.05, 0) is 53.8 Å². The Morgan fingerprint density at radius 1 is 0.600 bits per heavy atom. The van der Waals surface area contributed by atoms with E-state index in [0.29, 0.717) is 16.7 Å². The smallest absolute Gasteiger partial charge is 0.262 e. The van der Waals surface area contributed by atoms with Gasteiger partial charge >= 0.3 is 0 Å². The Morgan fingerprint density at radius 2 is 1.06 bits per heavy atom. The van der Waals surface area contributed by atoms with Crippen molar-refractivity contribution in [2.24, 2.45) is 0 Å². The maximum absolute atomic E-state index is 14.6. The van der Waals surface area contributed by atoms with E-state index in [9.17, 15) is 14.4 Å². The van der Waals surface area contributed by atoms with Gasteiger partial charge in [-0.3, -0.25) is 24.2 Å². The van der Waals surface area contributed by atoms with Crippen LogP contribution in [-0.2, 0) is 17.6 Å². The molecule has 3 amide bonds. The molecule has 2 aliphatic heterocycles. The number of amides is 3. The van der Waals surface area contributed by atoms with Crippen molar-refractivity contribution in [2.45, 2.75) is 18.9 Å². The van der Waals surface area contributed by atoms with E-state index in [1.807, 2.05) is 66.7 Å². The van der Waals surface area contributed by atoms with Crippen LogP contribution >= 0.6 is 0 Å². The molecule has 0 unspecified atom stereocenters. The number of carbonyl (C=O) groups is 3. The van der Waals surface area contributed by atoms with Crippen molar-refractivity contribution in [3.8, 4) is 0 Å². The van der Waals surface area contributed by atoms with E-state index in [2.05, 4.69) is 0 Å². The Morgan fingerprint density at radius 3 is 1.60 bits per heavy atom. The highest BCUT2D eigenvalue weighted by Crippen LogP contribution is 2.40. The van der Waals surface area contributed by atoms with Crippen LogP contribution in [0.3, 0.4) is 0 Å². The summed E-state index contributed by atoms with van der Waals surface area (Å²) in [6.07, 6.45) is 1.58. The Bertz CT molecular complexity index is 1400. The molecule has 0 N–H and O–H groups in total. The number of rotatable bonds is 3. The minimum absolute atomic E-state index is 0.322. The minimum Gasteiger partial charge on any atom is -0.278 e. The number of hydrogen-bond acceptors (Lipinski definition) is 3. The van der Waals surface area contributed by atoms with Gasteiger partial charge in [0.2, 0.25) is 0 Å². The lowest BCUT2D eigenvalue weighted by Gasteiger charge is -2.32. The number of benzene rings is 4. The lowest BCUT2D eigenvalue weighted by atomic mass is 10.0. The maximum Gasteiger partial charge on any atom is 0.262 e. The first-order valence-corrected chi connectivity index (χ1v) is 11.7. The van der Waals surface area contributed by atoms with Crippen LogP contribution in [0.2, 0.25) is 0 Å². The molecule has 1 atom stereocenters. The van der Waals surface area contributed by atoms with Crippen LogP contribution in [-0.4, -0.2) is 22.6 Å². The standard InChI is InChI=1S/C30H22N2O3/c33-28-23-14-6-7-15-24(23)29(34)32(28)27(22-12-2-1-3-13-22)30(35)31-25-16-8-4-10-20(25)18-19-21-11-5-9-17-26(21)31/h1-17,27H,18-19H2/t27-/m1/s1. The predicted octanol–water partition coefficient (Wildman–Crippen LogP) is 5.49. The van der Waals surface area contributed by atoms with E-state index in [1.54, 1.807) is 41.3 Å². The summed E-state index contributed by atoms with van der Waals surface area (Å²) in [6, 6.07) is 30.4. The third-order valence-corrected chi connectivity index (χ3v) is 6.78. The number of aryl methyl sites for hydroxylation is 2. The minimum atomic E-state index is -1.11. The first kappa shape index (κ1) is 21.1. The lowest BCUT2D eigenvalue weighted by Crippen LogP contribution is -2.44. The largest absolute Gasteiger partial charge is 0.278 e. The van der Waals surface area contributed by atoms with Gasteiger partial charge in [0, 0.05) is 0 Å². The molecule has 0 saturated carbocycles. The molecule has 0 fully saturated rings. The molecule has 2 aliphatic rings. The topological polar surface area (TPSA) is 57.7 Å². The van der Waals surface area contributed by atoms with Gasteiger partial charge < -0.3 is 0 Å². The normalized spacial score (nSPS) is 15.2.